The molecule has 0 aromatic heterocycles. The smallest absolute Gasteiger partial charge is 0.191 e. The zero-order valence-electron chi connectivity index (χ0n) is 20.7. The van der Waals surface area contributed by atoms with E-state index < -0.39 is 0 Å². The summed E-state index contributed by atoms with van der Waals surface area (Å²) in [5, 5.41) is 7.27. The molecule has 186 valence electrons. The van der Waals surface area contributed by atoms with Crippen molar-refractivity contribution < 1.29 is 4.74 Å². The first-order chi connectivity index (χ1) is 15.7. The van der Waals surface area contributed by atoms with E-state index in [0.717, 1.165) is 64.7 Å². The predicted molar refractivity (Wildman–Crippen MR) is 148 cm³/mol. The second-order valence-electron chi connectivity index (χ2n) is 9.85. The van der Waals surface area contributed by atoms with E-state index in [1.54, 1.807) is 0 Å². The lowest BCUT2D eigenvalue weighted by molar-refractivity contribution is -0.0139. The van der Waals surface area contributed by atoms with Crippen LogP contribution in [-0.4, -0.2) is 79.8 Å². The van der Waals surface area contributed by atoms with E-state index in [-0.39, 0.29) is 29.5 Å². The minimum Gasteiger partial charge on any atom is -0.381 e. The Labute approximate surface area is 217 Å². The largest absolute Gasteiger partial charge is 0.381 e. The van der Waals surface area contributed by atoms with Gasteiger partial charge in [0.15, 0.2) is 5.96 Å². The molecule has 0 unspecified atom stereocenters. The second-order valence-corrected chi connectivity index (χ2v) is 9.85. The molecule has 2 N–H and O–H groups in total. The number of guanidine groups is 1. The summed E-state index contributed by atoms with van der Waals surface area (Å²) in [7, 11) is 0. The van der Waals surface area contributed by atoms with Gasteiger partial charge in [-0.15, -0.1) is 24.0 Å². The highest BCUT2D eigenvalue weighted by Crippen LogP contribution is 2.31. The van der Waals surface area contributed by atoms with Crippen molar-refractivity contribution in [3.63, 3.8) is 0 Å². The van der Waals surface area contributed by atoms with Gasteiger partial charge < -0.3 is 15.4 Å². The van der Waals surface area contributed by atoms with E-state index in [4.69, 9.17) is 9.73 Å². The Bertz CT molecular complexity index is 738. The van der Waals surface area contributed by atoms with Crippen molar-refractivity contribution in [3.05, 3.63) is 35.4 Å². The zero-order valence-corrected chi connectivity index (χ0v) is 23.0. The number of likely N-dealkylation sites (tertiary alicyclic amines) is 2. The van der Waals surface area contributed by atoms with Gasteiger partial charge in [0, 0.05) is 51.0 Å². The number of halogens is 1. The average Bonchev–Trinajstić information content (AvgIpc) is 3.37. The Hall–Kier alpha value is -0.900. The van der Waals surface area contributed by atoms with E-state index in [9.17, 15) is 0 Å². The van der Waals surface area contributed by atoms with Crippen LogP contribution in [-0.2, 0) is 11.3 Å². The first-order valence-electron chi connectivity index (χ1n) is 12.8. The van der Waals surface area contributed by atoms with E-state index in [1.807, 2.05) is 0 Å². The lowest BCUT2D eigenvalue weighted by atomic mass is 9.88. The highest BCUT2D eigenvalue weighted by atomic mass is 127. The Morgan fingerprint density at radius 1 is 1.09 bits per heavy atom. The van der Waals surface area contributed by atoms with Crippen LogP contribution in [0.3, 0.4) is 0 Å². The summed E-state index contributed by atoms with van der Waals surface area (Å²) >= 11 is 0. The highest BCUT2D eigenvalue weighted by Gasteiger charge is 2.39. The lowest BCUT2D eigenvalue weighted by Gasteiger charge is -2.43. The number of benzene rings is 1. The molecule has 0 bridgehead atoms. The summed E-state index contributed by atoms with van der Waals surface area (Å²) in [6, 6.07) is 9.27. The van der Waals surface area contributed by atoms with Gasteiger partial charge in [-0.2, -0.15) is 0 Å². The van der Waals surface area contributed by atoms with Gasteiger partial charge in [0.1, 0.15) is 0 Å². The van der Waals surface area contributed by atoms with Gasteiger partial charge in [-0.05, 0) is 76.6 Å². The second kappa shape index (κ2) is 13.3. The van der Waals surface area contributed by atoms with Crippen molar-refractivity contribution in [1.82, 2.24) is 20.4 Å². The molecule has 0 aliphatic carbocycles. The third-order valence-corrected chi connectivity index (χ3v) is 7.66. The molecule has 33 heavy (non-hydrogen) atoms. The van der Waals surface area contributed by atoms with Crippen molar-refractivity contribution in [2.45, 2.75) is 70.5 Å². The fraction of sp³-hybridized carbons (Fsp3) is 0.731. The van der Waals surface area contributed by atoms with Crippen molar-refractivity contribution in [2.75, 3.05) is 52.5 Å². The van der Waals surface area contributed by atoms with Gasteiger partial charge in [0.05, 0.1) is 6.54 Å². The minimum atomic E-state index is 0. The van der Waals surface area contributed by atoms with Crippen LogP contribution in [0.4, 0.5) is 0 Å². The number of ether oxygens (including phenoxy) is 1. The summed E-state index contributed by atoms with van der Waals surface area (Å²) in [4.78, 5) is 10.4. The predicted octanol–water partition coefficient (Wildman–Crippen LogP) is 3.78. The van der Waals surface area contributed by atoms with Gasteiger partial charge in [-0.25, -0.2) is 0 Å². The first-order valence-corrected chi connectivity index (χ1v) is 12.8. The standard InChI is InChI=1S/C26H43N5O.HI/c1-3-27-25(28-21-26(12-18-32-19-13-26)31-14-6-7-15-31)29-24-10-16-30(17-11-24)20-23-9-5-4-8-22(23)2;/h4-5,8-9,24H,3,6-7,10-21H2,1-2H3,(H2,27,28,29);1H. The number of rotatable bonds is 7. The van der Waals surface area contributed by atoms with Gasteiger partial charge >= 0.3 is 0 Å². The maximum atomic E-state index is 5.71. The van der Waals surface area contributed by atoms with Gasteiger partial charge in [0.25, 0.3) is 0 Å². The molecule has 0 atom stereocenters. The van der Waals surface area contributed by atoms with Crippen molar-refractivity contribution >= 4 is 29.9 Å². The van der Waals surface area contributed by atoms with E-state index in [1.165, 1.54) is 49.9 Å². The van der Waals surface area contributed by atoms with Crippen LogP contribution in [0.2, 0.25) is 0 Å². The Morgan fingerprint density at radius 2 is 1.79 bits per heavy atom. The van der Waals surface area contributed by atoms with Crippen LogP contribution in [0.5, 0.6) is 0 Å². The first kappa shape index (κ1) is 26.7. The summed E-state index contributed by atoms with van der Waals surface area (Å²) < 4.78 is 5.71. The number of hydrogen-bond donors (Lipinski definition) is 2. The van der Waals surface area contributed by atoms with E-state index >= 15 is 0 Å². The molecule has 6 nitrogen and oxygen atoms in total. The van der Waals surface area contributed by atoms with Gasteiger partial charge in [0.2, 0.25) is 0 Å². The number of nitrogens with one attached hydrogen (secondary N) is 2. The van der Waals surface area contributed by atoms with Crippen molar-refractivity contribution in [1.29, 1.82) is 0 Å². The van der Waals surface area contributed by atoms with Crippen molar-refractivity contribution in [2.24, 2.45) is 4.99 Å². The Balaban J connectivity index is 0.00000306. The molecule has 3 aliphatic rings. The molecule has 3 fully saturated rings. The molecular formula is C26H44IN5O. The summed E-state index contributed by atoms with van der Waals surface area (Å²) in [5.41, 5.74) is 3.04. The third kappa shape index (κ3) is 7.29. The Morgan fingerprint density at radius 3 is 2.45 bits per heavy atom. The zero-order chi connectivity index (χ0) is 22.2. The van der Waals surface area contributed by atoms with Crippen LogP contribution in [0, 0.1) is 6.92 Å². The van der Waals surface area contributed by atoms with Crippen LogP contribution >= 0.6 is 24.0 Å². The molecule has 0 radical (unpaired) electrons. The quantitative estimate of drug-likeness (QED) is 0.298. The summed E-state index contributed by atoms with van der Waals surface area (Å²) in [6.45, 7) is 13.7. The molecule has 3 aliphatic heterocycles. The van der Waals surface area contributed by atoms with E-state index in [0.29, 0.717) is 6.04 Å². The Kier molecular flexibility index (Phi) is 10.7. The molecule has 0 spiro atoms. The number of piperidine rings is 1. The molecule has 1 aromatic carbocycles. The topological polar surface area (TPSA) is 52.1 Å². The van der Waals surface area contributed by atoms with Crippen LogP contribution in [0.1, 0.15) is 56.6 Å². The number of nitrogens with zero attached hydrogens (tertiary/aromatic N) is 3. The van der Waals surface area contributed by atoms with Crippen molar-refractivity contribution in [3.8, 4) is 0 Å². The van der Waals surface area contributed by atoms with Crippen LogP contribution in [0.25, 0.3) is 0 Å². The summed E-state index contributed by atoms with van der Waals surface area (Å²) in [6.07, 6.45) is 7.20. The molecule has 3 saturated heterocycles. The maximum Gasteiger partial charge on any atom is 0.191 e. The lowest BCUT2D eigenvalue weighted by Crippen LogP contribution is -2.54. The molecule has 7 heteroatoms. The van der Waals surface area contributed by atoms with Crippen LogP contribution in [0.15, 0.2) is 29.3 Å². The monoisotopic (exact) mass is 569 g/mol. The van der Waals surface area contributed by atoms with Gasteiger partial charge in [-0.1, -0.05) is 24.3 Å². The molecule has 4 rings (SSSR count). The third-order valence-electron chi connectivity index (χ3n) is 7.66. The molecular weight excluding hydrogens is 525 g/mol. The van der Waals surface area contributed by atoms with E-state index in [2.05, 4.69) is 58.5 Å². The molecule has 0 amide bonds. The number of hydrogen-bond acceptors (Lipinski definition) is 4. The highest BCUT2D eigenvalue weighted by molar-refractivity contribution is 14.0. The molecule has 0 saturated carbocycles. The maximum absolute atomic E-state index is 5.71. The van der Waals surface area contributed by atoms with Crippen LogP contribution < -0.4 is 10.6 Å². The van der Waals surface area contributed by atoms with Gasteiger partial charge in [-0.3, -0.25) is 14.8 Å². The fourth-order valence-electron chi connectivity index (χ4n) is 5.52. The normalized spacial score (nSPS) is 22.7. The molecule has 1 aromatic rings. The number of aliphatic imine (C=N–C) groups is 1. The SMILES string of the molecule is CCNC(=NCC1(N2CCCC2)CCOCC1)NC1CCN(Cc2ccccc2C)CC1.I. The summed E-state index contributed by atoms with van der Waals surface area (Å²) in [5.74, 6) is 0.995. The average molecular weight is 570 g/mol. The molecule has 3 heterocycles. The fourth-order valence-corrected chi connectivity index (χ4v) is 5.52. The minimum absolute atomic E-state index is 0. The number of aryl methyl sites for hydroxylation is 1.